The molecule has 6 nitrogen and oxygen atoms in total. The third-order valence-corrected chi connectivity index (χ3v) is 2.01. The van der Waals surface area contributed by atoms with Crippen molar-refractivity contribution in [3.05, 3.63) is 34.3 Å². The molecule has 15 heavy (non-hydrogen) atoms. The summed E-state index contributed by atoms with van der Waals surface area (Å²) >= 11 is 0. The van der Waals surface area contributed by atoms with Gasteiger partial charge in [-0.1, -0.05) is 6.07 Å². The van der Waals surface area contributed by atoms with Gasteiger partial charge in [0.25, 0.3) is 0 Å². The molecule has 0 spiro atoms. The number of benzene rings is 1. The second-order valence-electron chi connectivity index (χ2n) is 3.09. The number of nitrogens with two attached hydrogens (primary N) is 1. The predicted molar refractivity (Wildman–Crippen MR) is 52.9 cm³/mol. The number of oxazole rings is 1. The molecule has 2 rings (SSSR count). The highest BCUT2D eigenvalue weighted by atomic mass is 16.4. The van der Waals surface area contributed by atoms with Crippen molar-refractivity contribution in [2.75, 3.05) is 0 Å². The van der Waals surface area contributed by atoms with Gasteiger partial charge in [0, 0.05) is 0 Å². The normalized spacial score (nSPS) is 10.5. The molecule has 0 fully saturated rings. The summed E-state index contributed by atoms with van der Waals surface area (Å²) in [5, 5.41) is 0. The number of H-pyrrole nitrogens is 1. The van der Waals surface area contributed by atoms with Gasteiger partial charge in [0.05, 0.1) is 11.9 Å². The molecule has 2 aromatic rings. The molecular formula is C9H9N3O3. The Labute approximate surface area is 84.0 Å². The number of amides is 1. The summed E-state index contributed by atoms with van der Waals surface area (Å²) in [4.78, 5) is 24.3. The maximum atomic E-state index is 11.0. The fourth-order valence-electron chi connectivity index (χ4n) is 1.34. The number of carbonyl (C=O) groups is 1. The Morgan fingerprint density at radius 1 is 1.53 bits per heavy atom. The number of hydrogen-bond donors (Lipinski definition) is 3. The van der Waals surface area contributed by atoms with E-state index in [2.05, 4.69) is 4.98 Å². The van der Waals surface area contributed by atoms with Crippen molar-refractivity contribution >= 4 is 17.0 Å². The first-order valence-corrected chi connectivity index (χ1v) is 4.30. The topological polar surface area (TPSA) is 101 Å². The molecule has 0 atom stereocenters. The van der Waals surface area contributed by atoms with E-state index in [1.54, 1.807) is 18.2 Å². The molecule has 6 heteroatoms. The minimum atomic E-state index is -0.509. The van der Waals surface area contributed by atoms with Crippen molar-refractivity contribution in [2.45, 2.75) is 6.42 Å². The van der Waals surface area contributed by atoms with Crippen LogP contribution >= 0.6 is 0 Å². The quantitative estimate of drug-likeness (QED) is 0.356. The molecule has 0 aliphatic rings. The first-order chi connectivity index (χ1) is 7.19. The van der Waals surface area contributed by atoms with Crippen LogP contribution in [0.15, 0.2) is 27.4 Å². The van der Waals surface area contributed by atoms with Gasteiger partial charge in [-0.2, -0.15) is 0 Å². The van der Waals surface area contributed by atoms with Crippen molar-refractivity contribution in [2.24, 2.45) is 5.84 Å². The monoisotopic (exact) mass is 207 g/mol. The molecule has 1 heterocycles. The summed E-state index contributed by atoms with van der Waals surface area (Å²) in [5.74, 6) is 4.15. The molecule has 0 aliphatic carbocycles. The maximum Gasteiger partial charge on any atom is 0.417 e. The van der Waals surface area contributed by atoms with Crippen molar-refractivity contribution in [1.82, 2.24) is 10.4 Å². The van der Waals surface area contributed by atoms with Gasteiger partial charge in [-0.3, -0.25) is 15.2 Å². The predicted octanol–water partition coefficient (Wildman–Crippen LogP) is -0.347. The molecule has 0 unspecified atom stereocenters. The minimum absolute atomic E-state index is 0.154. The number of fused-ring (bicyclic) bond motifs is 1. The van der Waals surface area contributed by atoms with Crippen molar-refractivity contribution in [3.8, 4) is 0 Å². The van der Waals surface area contributed by atoms with Crippen LogP contribution in [0, 0.1) is 0 Å². The molecule has 1 aromatic carbocycles. The molecule has 78 valence electrons. The molecule has 0 saturated carbocycles. The van der Waals surface area contributed by atoms with Crippen LogP contribution in [0.5, 0.6) is 0 Å². The van der Waals surface area contributed by atoms with Gasteiger partial charge in [-0.15, -0.1) is 0 Å². The van der Waals surface area contributed by atoms with Crippen molar-refractivity contribution < 1.29 is 9.21 Å². The molecule has 0 radical (unpaired) electrons. The molecule has 1 amide bonds. The highest BCUT2D eigenvalue weighted by Crippen LogP contribution is 2.12. The molecular weight excluding hydrogens is 198 g/mol. The van der Waals surface area contributed by atoms with Crippen LogP contribution in [0.25, 0.3) is 11.1 Å². The van der Waals surface area contributed by atoms with E-state index in [4.69, 9.17) is 10.3 Å². The first kappa shape index (κ1) is 9.47. The second-order valence-corrected chi connectivity index (χ2v) is 3.09. The van der Waals surface area contributed by atoms with Crippen LogP contribution in [0.3, 0.4) is 0 Å². The Balaban J connectivity index is 2.38. The van der Waals surface area contributed by atoms with Gasteiger partial charge >= 0.3 is 5.76 Å². The Morgan fingerprint density at radius 2 is 2.33 bits per heavy atom. The number of aromatic amines is 1. The number of hydrogen-bond acceptors (Lipinski definition) is 4. The fourth-order valence-corrected chi connectivity index (χ4v) is 1.34. The van der Waals surface area contributed by atoms with E-state index < -0.39 is 5.76 Å². The summed E-state index contributed by atoms with van der Waals surface area (Å²) in [6.07, 6.45) is 0.154. The van der Waals surface area contributed by atoms with Gasteiger partial charge < -0.3 is 4.42 Å². The highest BCUT2D eigenvalue weighted by Gasteiger charge is 2.05. The van der Waals surface area contributed by atoms with Crippen molar-refractivity contribution in [1.29, 1.82) is 0 Å². The van der Waals surface area contributed by atoms with E-state index >= 15 is 0 Å². The zero-order chi connectivity index (χ0) is 10.8. The first-order valence-electron chi connectivity index (χ1n) is 4.30. The zero-order valence-corrected chi connectivity index (χ0v) is 7.74. The summed E-state index contributed by atoms with van der Waals surface area (Å²) in [6.45, 7) is 0. The number of aromatic nitrogens is 1. The lowest BCUT2D eigenvalue weighted by atomic mass is 10.1. The van der Waals surface area contributed by atoms with E-state index in [0.29, 0.717) is 11.1 Å². The third-order valence-electron chi connectivity index (χ3n) is 2.01. The number of nitrogens with one attached hydrogen (secondary N) is 2. The SMILES string of the molecule is NNC(=O)Cc1ccc2[nH]c(=O)oc2c1. The molecule has 4 N–H and O–H groups in total. The number of carbonyl (C=O) groups excluding carboxylic acids is 1. The third kappa shape index (κ3) is 1.89. The summed E-state index contributed by atoms with van der Waals surface area (Å²) < 4.78 is 4.85. The zero-order valence-electron chi connectivity index (χ0n) is 7.74. The van der Waals surface area contributed by atoms with Crippen LogP contribution in [0.1, 0.15) is 5.56 Å². The fraction of sp³-hybridized carbons (Fsp3) is 0.111. The number of rotatable bonds is 2. The van der Waals surface area contributed by atoms with Gasteiger partial charge in [-0.05, 0) is 17.7 Å². The largest absolute Gasteiger partial charge is 0.417 e. The molecule has 0 bridgehead atoms. The van der Waals surface area contributed by atoms with Crippen LogP contribution in [-0.2, 0) is 11.2 Å². The maximum absolute atomic E-state index is 11.0. The van der Waals surface area contributed by atoms with Gasteiger partial charge in [0.15, 0.2) is 5.58 Å². The second kappa shape index (κ2) is 3.58. The van der Waals surface area contributed by atoms with E-state index in [1.165, 1.54) is 0 Å². The lowest BCUT2D eigenvalue weighted by Gasteiger charge is -1.98. The van der Waals surface area contributed by atoms with Crippen LogP contribution in [0.2, 0.25) is 0 Å². The number of hydrazine groups is 1. The lowest BCUT2D eigenvalue weighted by Crippen LogP contribution is -2.31. The minimum Gasteiger partial charge on any atom is -0.408 e. The Kier molecular flexibility index (Phi) is 2.26. The average molecular weight is 207 g/mol. The molecule has 1 aromatic heterocycles. The van der Waals surface area contributed by atoms with Crippen LogP contribution < -0.4 is 17.0 Å². The van der Waals surface area contributed by atoms with Gasteiger partial charge in [0.2, 0.25) is 5.91 Å². The summed E-state index contributed by atoms with van der Waals surface area (Å²) in [7, 11) is 0. The lowest BCUT2D eigenvalue weighted by molar-refractivity contribution is -0.120. The van der Waals surface area contributed by atoms with Crippen LogP contribution in [-0.4, -0.2) is 10.9 Å². The Hall–Kier alpha value is -2.08. The Morgan fingerprint density at radius 3 is 3.07 bits per heavy atom. The standard InChI is InChI=1S/C9H9N3O3/c10-12-8(13)4-5-1-2-6-7(3-5)15-9(14)11-6/h1-3H,4,10H2,(H,11,14)(H,12,13). The van der Waals surface area contributed by atoms with Crippen LogP contribution in [0.4, 0.5) is 0 Å². The summed E-state index contributed by atoms with van der Waals surface area (Å²) in [6, 6.07) is 5.03. The van der Waals surface area contributed by atoms with E-state index in [0.717, 1.165) is 5.56 Å². The molecule has 0 aliphatic heterocycles. The Bertz CT molecular complexity index is 555. The average Bonchev–Trinajstić information content (AvgIpc) is 2.57. The van der Waals surface area contributed by atoms with E-state index in [-0.39, 0.29) is 12.3 Å². The van der Waals surface area contributed by atoms with E-state index in [1.807, 2.05) is 5.43 Å². The smallest absolute Gasteiger partial charge is 0.408 e. The van der Waals surface area contributed by atoms with Gasteiger partial charge in [-0.25, -0.2) is 10.6 Å². The van der Waals surface area contributed by atoms with E-state index in [9.17, 15) is 9.59 Å². The molecule has 0 saturated heterocycles. The van der Waals surface area contributed by atoms with Gasteiger partial charge in [0.1, 0.15) is 0 Å². The summed E-state index contributed by atoms with van der Waals surface area (Å²) in [5.41, 5.74) is 3.80. The van der Waals surface area contributed by atoms with Crippen molar-refractivity contribution in [3.63, 3.8) is 0 Å². The highest BCUT2D eigenvalue weighted by molar-refractivity contribution is 5.80.